The van der Waals surface area contributed by atoms with Crippen molar-refractivity contribution < 1.29 is 0 Å². The van der Waals surface area contributed by atoms with Gasteiger partial charge in [0, 0.05) is 64.2 Å². The van der Waals surface area contributed by atoms with Crippen LogP contribution in [0.25, 0.3) is 16.7 Å². The van der Waals surface area contributed by atoms with Gasteiger partial charge in [-0.05, 0) is 60.4 Å². The molecule has 0 amide bonds. The van der Waals surface area contributed by atoms with Crippen molar-refractivity contribution in [2.45, 2.75) is 28.2 Å². The molecule has 0 aromatic carbocycles. The van der Waals surface area contributed by atoms with E-state index >= 15 is 0 Å². The van der Waals surface area contributed by atoms with Gasteiger partial charge in [-0.25, -0.2) is 0 Å². The zero-order chi connectivity index (χ0) is 25.3. The first-order valence-corrected chi connectivity index (χ1v) is 13.3. The summed E-state index contributed by atoms with van der Waals surface area (Å²) in [6.07, 6.45) is 0. The average molecular weight is 518 g/mol. The first kappa shape index (κ1) is 31.7. The van der Waals surface area contributed by atoms with Gasteiger partial charge in [0.25, 0.3) is 0 Å². The number of rotatable bonds is 6. The van der Waals surface area contributed by atoms with Gasteiger partial charge in [-0.1, -0.05) is 27.2 Å². The predicted octanol–water partition coefficient (Wildman–Crippen LogP) is 9.18. The van der Waals surface area contributed by atoms with Crippen LogP contribution in [0.1, 0.15) is 44.2 Å². The Kier molecular flexibility index (Phi) is 13.9. The largest absolute Gasteiger partial charge is 0.376 e. The molecule has 0 N–H and O–H groups in total. The molecule has 6 heteroatoms. The van der Waals surface area contributed by atoms with E-state index in [1.165, 1.54) is 32.4 Å². The van der Waals surface area contributed by atoms with Crippen molar-refractivity contribution in [1.29, 1.82) is 0 Å². The van der Waals surface area contributed by atoms with Gasteiger partial charge in [0.2, 0.25) is 0 Å². The quantitative estimate of drug-likeness (QED) is 0.323. The Morgan fingerprint density at radius 2 is 1.18 bits per heavy atom. The molecular formula is C28H43N3S3. The van der Waals surface area contributed by atoms with Gasteiger partial charge in [-0.3, -0.25) is 0 Å². The van der Waals surface area contributed by atoms with E-state index in [0.29, 0.717) is 0 Å². The van der Waals surface area contributed by atoms with Crippen molar-refractivity contribution in [3.63, 3.8) is 0 Å². The molecule has 0 spiro atoms. The van der Waals surface area contributed by atoms with Gasteiger partial charge in [0.15, 0.2) is 0 Å². The molecule has 34 heavy (non-hydrogen) atoms. The normalized spacial score (nSPS) is 9.44. The minimum atomic E-state index is 0. The second-order valence-electron chi connectivity index (χ2n) is 8.47. The van der Waals surface area contributed by atoms with Crippen molar-refractivity contribution in [3.05, 3.63) is 69.4 Å². The molecular weight excluding hydrogens is 475 g/mol. The highest BCUT2D eigenvalue weighted by molar-refractivity contribution is 7.14. The molecule has 0 saturated carbocycles. The second kappa shape index (κ2) is 14.9. The minimum absolute atomic E-state index is 0. The Balaban J connectivity index is 0.000000473. The predicted molar refractivity (Wildman–Crippen MR) is 167 cm³/mol. The first-order chi connectivity index (χ1) is 15.4. The molecule has 3 nitrogen and oxygen atoms in total. The Bertz CT molecular complexity index is 915. The van der Waals surface area contributed by atoms with Crippen LogP contribution >= 0.6 is 34.0 Å². The second-order valence-corrected chi connectivity index (χ2v) is 11.0. The zero-order valence-corrected chi connectivity index (χ0v) is 24.1. The summed E-state index contributed by atoms with van der Waals surface area (Å²) in [4.78, 5) is 7.63. The monoisotopic (exact) mass is 517 g/mol. The van der Waals surface area contributed by atoms with Crippen LogP contribution in [-0.4, -0.2) is 42.3 Å². The standard InChI is InChI=1S/3C9H13NS.CH4/c1-7(2)8-5-11-6-9(8)10(3)4;1-7(2)9-8(10(3)4)5-6-11-9;1-7(2)8-5-6-11-9(8)10(3)4;/h3*5-6H,1H2,2-4H3;1H4. The lowest BCUT2D eigenvalue weighted by molar-refractivity contribution is 1.13. The van der Waals surface area contributed by atoms with Crippen LogP contribution in [0.15, 0.2) is 53.4 Å². The number of thiophene rings is 3. The van der Waals surface area contributed by atoms with E-state index in [4.69, 9.17) is 0 Å². The van der Waals surface area contributed by atoms with Crippen molar-refractivity contribution in [2.75, 3.05) is 57.0 Å². The van der Waals surface area contributed by atoms with Gasteiger partial charge < -0.3 is 14.7 Å². The minimum Gasteiger partial charge on any atom is -0.376 e. The maximum atomic E-state index is 3.92. The average Bonchev–Trinajstić information content (AvgIpc) is 3.48. The lowest BCUT2D eigenvalue weighted by Gasteiger charge is -2.12. The Morgan fingerprint density at radius 1 is 0.647 bits per heavy atom. The maximum absolute atomic E-state index is 3.92. The van der Waals surface area contributed by atoms with Crippen LogP contribution in [0.5, 0.6) is 0 Å². The van der Waals surface area contributed by atoms with E-state index in [1.807, 2.05) is 20.8 Å². The highest BCUT2D eigenvalue weighted by Gasteiger charge is 2.06. The van der Waals surface area contributed by atoms with Gasteiger partial charge in [0.1, 0.15) is 0 Å². The Morgan fingerprint density at radius 3 is 1.53 bits per heavy atom. The molecule has 0 bridgehead atoms. The summed E-state index contributed by atoms with van der Waals surface area (Å²) in [5.74, 6) is 0. The third-order valence-corrected chi connectivity index (χ3v) is 7.48. The van der Waals surface area contributed by atoms with E-state index in [1.54, 1.807) is 34.0 Å². The highest BCUT2D eigenvalue weighted by Crippen LogP contribution is 2.31. The van der Waals surface area contributed by atoms with Crippen LogP contribution < -0.4 is 14.7 Å². The molecule has 188 valence electrons. The van der Waals surface area contributed by atoms with E-state index < -0.39 is 0 Å². The zero-order valence-electron chi connectivity index (χ0n) is 21.7. The van der Waals surface area contributed by atoms with Gasteiger partial charge in [-0.15, -0.1) is 34.0 Å². The van der Waals surface area contributed by atoms with E-state index in [0.717, 1.165) is 16.7 Å². The topological polar surface area (TPSA) is 9.72 Å². The summed E-state index contributed by atoms with van der Waals surface area (Å²) in [7, 11) is 12.3. The number of hydrogen-bond acceptors (Lipinski definition) is 6. The van der Waals surface area contributed by atoms with Crippen LogP contribution in [0.3, 0.4) is 0 Å². The van der Waals surface area contributed by atoms with Gasteiger partial charge >= 0.3 is 0 Å². The molecule has 0 saturated heterocycles. The molecule has 0 unspecified atom stereocenters. The third kappa shape index (κ3) is 9.16. The van der Waals surface area contributed by atoms with Gasteiger partial charge in [-0.2, -0.15) is 0 Å². The molecule has 0 fully saturated rings. The Hall–Kier alpha value is -2.28. The molecule has 0 atom stereocenters. The van der Waals surface area contributed by atoms with Crippen LogP contribution in [-0.2, 0) is 0 Å². The number of anilines is 3. The SMILES string of the molecule is C.C=C(C)c1ccsc1N(C)C.C=C(C)c1cscc1N(C)C.C=C(C)c1sccc1N(C)C. The fraction of sp³-hybridized carbons (Fsp3) is 0.357. The van der Waals surface area contributed by atoms with E-state index in [-0.39, 0.29) is 7.43 Å². The lowest BCUT2D eigenvalue weighted by Crippen LogP contribution is -2.08. The summed E-state index contributed by atoms with van der Waals surface area (Å²) in [6.45, 7) is 17.9. The van der Waals surface area contributed by atoms with Crippen LogP contribution in [0, 0.1) is 0 Å². The van der Waals surface area contributed by atoms with Crippen LogP contribution in [0.2, 0.25) is 0 Å². The molecule has 0 aliphatic rings. The van der Waals surface area contributed by atoms with Crippen LogP contribution in [0.4, 0.5) is 16.4 Å². The molecule has 3 aromatic heterocycles. The summed E-state index contributed by atoms with van der Waals surface area (Å²) in [5, 5.41) is 9.76. The molecule has 3 aromatic rings. The first-order valence-electron chi connectivity index (χ1n) is 10.6. The Labute approximate surface area is 221 Å². The number of hydrogen-bond donors (Lipinski definition) is 0. The summed E-state index contributed by atoms with van der Waals surface area (Å²) in [6, 6.07) is 4.23. The number of allylic oxidation sites excluding steroid dienone is 3. The molecule has 0 aliphatic carbocycles. The summed E-state index contributed by atoms with van der Waals surface area (Å²) >= 11 is 5.22. The summed E-state index contributed by atoms with van der Waals surface area (Å²) in [5.41, 5.74) is 8.47. The number of nitrogens with zero attached hydrogens (tertiary/aromatic N) is 3. The molecule has 3 heterocycles. The molecule has 3 rings (SSSR count). The van der Waals surface area contributed by atoms with Crippen molar-refractivity contribution >= 4 is 67.1 Å². The van der Waals surface area contributed by atoms with Crippen molar-refractivity contribution in [2.24, 2.45) is 0 Å². The third-order valence-electron chi connectivity index (χ3n) is 4.61. The van der Waals surface area contributed by atoms with Crippen molar-refractivity contribution in [1.82, 2.24) is 0 Å². The maximum Gasteiger partial charge on any atom is 0.0979 e. The fourth-order valence-corrected chi connectivity index (χ4v) is 5.71. The fourth-order valence-electron chi connectivity index (χ4n) is 2.90. The lowest BCUT2D eigenvalue weighted by atomic mass is 10.1. The van der Waals surface area contributed by atoms with Gasteiger partial charge in [0.05, 0.1) is 21.3 Å². The molecule has 0 aliphatic heterocycles. The van der Waals surface area contributed by atoms with E-state index in [2.05, 4.69) is 110 Å². The highest BCUT2D eigenvalue weighted by atomic mass is 32.1. The van der Waals surface area contributed by atoms with Crippen molar-refractivity contribution in [3.8, 4) is 0 Å². The summed E-state index contributed by atoms with van der Waals surface area (Å²) < 4.78 is 0. The van der Waals surface area contributed by atoms with E-state index in [9.17, 15) is 0 Å². The molecule has 0 radical (unpaired) electrons. The smallest absolute Gasteiger partial charge is 0.0979 e.